The summed E-state index contributed by atoms with van der Waals surface area (Å²) in [5.74, 6) is 0. The minimum Gasteiger partial charge on any atom is -0.310 e. The molecule has 1 unspecified atom stereocenters. The van der Waals surface area contributed by atoms with Gasteiger partial charge in [0.2, 0.25) is 0 Å². The van der Waals surface area contributed by atoms with E-state index in [1.807, 2.05) is 0 Å². The molecular formula is C19H21NS. The second-order valence-corrected chi connectivity index (χ2v) is 6.23. The lowest BCUT2D eigenvalue weighted by Gasteiger charge is -2.19. The Bertz CT molecular complexity index is 688. The molecule has 2 aromatic carbocycles. The van der Waals surface area contributed by atoms with Gasteiger partial charge < -0.3 is 5.32 Å². The average Bonchev–Trinajstić information content (AvgIpc) is 3.04. The first-order valence-corrected chi connectivity index (χ1v) is 8.54. The molecular weight excluding hydrogens is 274 g/mol. The minimum absolute atomic E-state index is 0.393. The molecule has 0 saturated carbocycles. The molecule has 0 fully saturated rings. The lowest BCUT2D eigenvalue weighted by atomic mass is 9.97. The van der Waals surface area contributed by atoms with Crippen molar-refractivity contribution in [2.24, 2.45) is 0 Å². The van der Waals surface area contributed by atoms with Gasteiger partial charge in [0, 0.05) is 6.04 Å². The molecule has 3 rings (SSSR count). The topological polar surface area (TPSA) is 12.0 Å². The monoisotopic (exact) mass is 295 g/mol. The third-order valence-electron chi connectivity index (χ3n) is 3.84. The van der Waals surface area contributed by atoms with Crippen LogP contribution >= 0.6 is 11.3 Å². The Kier molecular flexibility index (Phi) is 4.69. The van der Waals surface area contributed by atoms with Crippen LogP contribution in [0.15, 0.2) is 59.3 Å². The first kappa shape index (κ1) is 14.3. The Labute approximate surface area is 130 Å². The molecule has 1 atom stereocenters. The first-order chi connectivity index (χ1) is 10.4. The molecule has 0 aliphatic rings. The van der Waals surface area contributed by atoms with Crippen molar-refractivity contribution >= 4 is 22.1 Å². The number of benzene rings is 2. The fourth-order valence-electron chi connectivity index (χ4n) is 2.70. The van der Waals surface area contributed by atoms with Crippen molar-refractivity contribution in [3.8, 4) is 0 Å². The molecule has 0 aliphatic carbocycles. The highest BCUT2D eigenvalue weighted by molar-refractivity contribution is 7.07. The van der Waals surface area contributed by atoms with E-state index in [2.05, 4.69) is 71.5 Å². The predicted molar refractivity (Wildman–Crippen MR) is 93.0 cm³/mol. The van der Waals surface area contributed by atoms with Gasteiger partial charge in [0.25, 0.3) is 0 Å². The lowest BCUT2D eigenvalue weighted by Crippen LogP contribution is -2.23. The third-order valence-corrected chi connectivity index (χ3v) is 4.57. The number of hydrogen-bond acceptors (Lipinski definition) is 2. The van der Waals surface area contributed by atoms with Gasteiger partial charge in [-0.25, -0.2) is 0 Å². The van der Waals surface area contributed by atoms with Gasteiger partial charge in [-0.3, -0.25) is 0 Å². The zero-order valence-electron chi connectivity index (χ0n) is 12.4. The summed E-state index contributed by atoms with van der Waals surface area (Å²) in [5.41, 5.74) is 2.80. The first-order valence-electron chi connectivity index (χ1n) is 7.60. The summed E-state index contributed by atoms with van der Waals surface area (Å²) in [6, 6.07) is 18.0. The Morgan fingerprint density at radius 2 is 1.90 bits per heavy atom. The van der Waals surface area contributed by atoms with E-state index in [4.69, 9.17) is 0 Å². The van der Waals surface area contributed by atoms with E-state index in [0.717, 1.165) is 19.4 Å². The standard InChI is InChI=1S/C19H21NS/c1-2-10-20-19(12-15-9-11-21-14-15)18-8-7-16-5-3-4-6-17(16)13-18/h3-9,11,13-14,19-20H,2,10,12H2,1H3. The Morgan fingerprint density at radius 3 is 2.67 bits per heavy atom. The maximum absolute atomic E-state index is 3.69. The summed E-state index contributed by atoms with van der Waals surface area (Å²) in [4.78, 5) is 0. The summed E-state index contributed by atoms with van der Waals surface area (Å²) >= 11 is 1.78. The van der Waals surface area contributed by atoms with Gasteiger partial charge in [-0.15, -0.1) is 0 Å². The van der Waals surface area contributed by atoms with Gasteiger partial charge in [-0.1, -0.05) is 43.3 Å². The second-order valence-electron chi connectivity index (χ2n) is 5.45. The third kappa shape index (κ3) is 3.52. The SMILES string of the molecule is CCCNC(Cc1ccsc1)c1ccc2ccccc2c1. The van der Waals surface area contributed by atoms with E-state index in [-0.39, 0.29) is 0 Å². The van der Waals surface area contributed by atoms with Crippen LogP contribution in [0.4, 0.5) is 0 Å². The number of rotatable bonds is 6. The quantitative estimate of drug-likeness (QED) is 0.660. The van der Waals surface area contributed by atoms with Crippen LogP contribution in [0.5, 0.6) is 0 Å². The largest absolute Gasteiger partial charge is 0.310 e. The van der Waals surface area contributed by atoms with E-state index in [1.165, 1.54) is 21.9 Å². The molecule has 21 heavy (non-hydrogen) atoms. The summed E-state index contributed by atoms with van der Waals surface area (Å²) in [6.45, 7) is 3.27. The lowest BCUT2D eigenvalue weighted by molar-refractivity contribution is 0.530. The molecule has 108 valence electrons. The van der Waals surface area contributed by atoms with Crippen LogP contribution in [0.2, 0.25) is 0 Å². The van der Waals surface area contributed by atoms with Crippen molar-refractivity contribution in [1.29, 1.82) is 0 Å². The molecule has 1 nitrogen and oxygen atoms in total. The average molecular weight is 295 g/mol. The maximum atomic E-state index is 3.69. The molecule has 3 aromatic rings. The zero-order chi connectivity index (χ0) is 14.5. The fourth-order valence-corrected chi connectivity index (χ4v) is 3.38. The molecule has 0 bridgehead atoms. The van der Waals surface area contributed by atoms with Gasteiger partial charge in [0.15, 0.2) is 0 Å². The maximum Gasteiger partial charge on any atom is 0.0361 e. The predicted octanol–water partition coefficient (Wildman–Crippen LogP) is 5.18. The smallest absolute Gasteiger partial charge is 0.0361 e. The number of hydrogen-bond donors (Lipinski definition) is 1. The van der Waals surface area contributed by atoms with E-state index in [1.54, 1.807) is 11.3 Å². The van der Waals surface area contributed by atoms with Crippen molar-refractivity contribution in [2.45, 2.75) is 25.8 Å². The van der Waals surface area contributed by atoms with Crippen molar-refractivity contribution in [2.75, 3.05) is 6.54 Å². The Morgan fingerprint density at radius 1 is 1.05 bits per heavy atom. The molecule has 0 aliphatic heterocycles. The number of thiophene rings is 1. The van der Waals surface area contributed by atoms with Crippen molar-refractivity contribution in [1.82, 2.24) is 5.32 Å². The highest BCUT2D eigenvalue weighted by Gasteiger charge is 2.12. The van der Waals surface area contributed by atoms with E-state index in [9.17, 15) is 0 Å². The molecule has 1 heterocycles. The van der Waals surface area contributed by atoms with Crippen LogP contribution in [-0.2, 0) is 6.42 Å². The highest BCUT2D eigenvalue weighted by atomic mass is 32.1. The van der Waals surface area contributed by atoms with Crippen LogP contribution < -0.4 is 5.32 Å². The van der Waals surface area contributed by atoms with Crippen LogP contribution in [0.3, 0.4) is 0 Å². The van der Waals surface area contributed by atoms with Crippen LogP contribution in [0.25, 0.3) is 10.8 Å². The van der Waals surface area contributed by atoms with Gasteiger partial charge in [-0.05, 0) is 64.2 Å². The summed E-state index contributed by atoms with van der Waals surface area (Å²) < 4.78 is 0. The fraction of sp³-hybridized carbons (Fsp3) is 0.263. The molecule has 0 radical (unpaired) electrons. The normalized spacial score (nSPS) is 12.6. The summed E-state index contributed by atoms with van der Waals surface area (Å²) in [7, 11) is 0. The van der Waals surface area contributed by atoms with Crippen molar-refractivity contribution in [3.05, 3.63) is 70.4 Å². The molecule has 2 heteroatoms. The van der Waals surface area contributed by atoms with Gasteiger partial charge >= 0.3 is 0 Å². The Hall–Kier alpha value is -1.64. The molecule has 0 saturated heterocycles. The highest BCUT2D eigenvalue weighted by Crippen LogP contribution is 2.24. The molecule has 0 spiro atoms. The molecule has 1 aromatic heterocycles. The van der Waals surface area contributed by atoms with Crippen LogP contribution in [0, 0.1) is 0 Å². The van der Waals surface area contributed by atoms with E-state index in [0.29, 0.717) is 6.04 Å². The number of fused-ring (bicyclic) bond motifs is 1. The molecule has 1 N–H and O–H groups in total. The second kappa shape index (κ2) is 6.88. The van der Waals surface area contributed by atoms with Gasteiger partial charge in [0.05, 0.1) is 0 Å². The van der Waals surface area contributed by atoms with Gasteiger partial charge in [0.1, 0.15) is 0 Å². The van der Waals surface area contributed by atoms with Crippen molar-refractivity contribution in [3.63, 3.8) is 0 Å². The zero-order valence-corrected chi connectivity index (χ0v) is 13.2. The van der Waals surface area contributed by atoms with Gasteiger partial charge in [-0.2, -0.15) is 11.3 Å². The van der Waals surface area contributed by atoms with Crippen LogP contribution in [0.1, 0.15) is 30.5 Å². The minimum atomic E-state index is 0.393. The molecule has 0 amide bonds. The summed E-state index contributed by atoms with van der Waals surface area (Å²) in [5, 5.41) is 10.7. The van der Waals surface area contributed by atoms with E-state index >= 15 is 0 Å². The Balaban J connectivity index is 1.89. The van der Waals surface area contributed by atoms with Crippen LogP contribution in [-0.4, -0.2) is 6.54 Å². The number of nitrogens with one attached hydrogen (secondary N) is 1. The van der Waals surface area contributed by atoms with Crippen molar-refractivity contribution < 1.29 is 0 Å². The van der Waals surface area contributed by atoms with E-state index < -0.39 is 0 Å². The summed E-state index contributed by atoms with van der Waals surface area (Å²) in [6.07, 6.45) is 2.22.